The Kier molecular flexibility index (Phi) is 4.81. The molecule has 0 unspecified atom stereocenters. The summed E-state index contributed by atoms with van der Waals surface area (Å²) in [4.78, 5) is 16.1. The SMILES string of the molecule is CCc1cnc(CNCc2ccc(C)c([N+](=O)[O-])c2)s1. The van der Waals surface area contributed by atoms with Crippen molar-refractivity contribution < 1.29 is 4.92 Å². The lowest BCUT2D eigenvalue weighted by atomic mass is 10.1. The fraction of sp³-hybridized carbons (Fsp3) is 0.357. The first-order valence-electron chi connectivity index (χ1n) is 6.48. The Bertz CT molecular complexity index is 610. The van der Waals surface area contributed by atoms with Crippen LogP contribution in [0.1, 0.15) is 27.9 Å². The van der Waals surface area contributed by atoms with Crippen LogP contribution in [0.3, 0.4) is 0 Å². The van der Waals surface area contributed by atoms with Gasteiger partial charge >= 0.3 is 0 Å². The molecule has 2 rings (SSSR count). The van der Waals surface area contributed by atoms with Gasteiger partial charge in [0.25, 0.3) is 5.69 Å². The quantitative estimate of drug-likeness (QED) is 0.655. The molecule has 1 aromatic carbocycles. The first kappa shape index (κ1) is 14.6. The van der Waals surface area contributed by atoms with Crippen molar-refractivity contribution in [1.82, 2.24) is 10.3 Å². The van der Waals surface area contributed by atoms with Crippen LogP contribution in [0.4, 0.5) is 5.69 Å². The van der Waals surface area contributed by atoms with Crippen LogP contribution < -0.4 is 5.32 Å². The molecule has 5 nitrogen and oxygen atoms in total. The highest BCUT2D eigenvalue weighted by Crippen LogP contribution is 2.19. The van der Waals surface area contributed by atoms with Crippen molar-refractivity contribution >= 4 is 17.0 Å². The van der Waals surface area contributed by atoms with Gasteiger partial charge in [0.05, 0.1) is 4.92 Å². The van der Waals surface area contributed by atoms with Gasteiger partial charge in [0.15, 0.2) is 0 Å². The van der Waals surface area contributed by atoms with Crippen LogP contribution in [-0.2, 0) is 19.5 Å². The van der Waals surface area contributed by atoms with E-state index in [0.717, 1.165) is 17.0 Å². The van der Waals surface area contributed by atoms with Gasteiger partial charge in [-0.1, -0.05) is 19.1 Å². The fourth-order valence-electron chi connectivity index (χ4n) is 1.87. The number of nitrogens with zero attached hydrogens (tertiary/aromatic N) is 2. The lowest BCUT2D eigenvalue weighted by molar-refractivity contribution is -0.385. The van der Waals surface area contributed by atoms with E-state index in [2.05, 4.69) is 17.2 Å². The van der Waals surface area contributed by atoms with E-state index in [-0.39, 0.29) is 10.6 Å². The van der Waals surface area contributed by atoms with Crippen molar-refractivity contribution in [3.8, 4) is 0 Å². The molecule has 20 heavy (non-hydrogen) atoms. The topological polar surface area (TPSA) is 68.1 Å². The normalized spacial score (nSPS) is 10.7. The van der Waals surface area contributed by atoms with Crippen LogP contribution in [0.25, 0.3) is 0 Å². The van der Waals surface area contributed by atoms with Gasteiger partial charge in [-0.3, -0.25) is 10.1 Å². The number of nitrogens with one attached hydrogen (secondary N) is 1. The lowest BCUT2D eigenvalue weighted by Gasteiger charge is -2.04. The van der Waals surface area contributed by atoms with Crippen LogP contribution in [0.2, 0.25) is 0 Å². The number of benzene rings is 1. The number of nitro benzene ring substituents is 1. The molecule has 0 aliphatic carbocycles. The summed E-state index contributed by atoms with van der Waals surface area (Å²) >= 11 is 1.70. The molecule has 0 saturated carbocycles. The van der Waals surface area contributed by atoms with E-state index in [1.807, 2.05) is 12.3 Å². The van der Waals surface area contributed by atoms with Crippen LogP contribution >= 0.6 is 11.3 Å². The number of hydrogen-bond acceptors (Lipinski definition) is 5. The first-order chi connectivity index (χ1) is 9.60. The van der Waals surface area contributed by atoms with Crippen molar-refractivity contribution in [2.24, 2.45) is 0 Å². The Morgan fingerprint density at radius 1 is 1.40 bits per heavy atom. The lowest BCUT2D eigenvalue weighted by Crippen LogP contribution is -2.12. The second-order valence-electron chi connectivity index (χ2n) is 4.56. The largest absolute Gasteiger partial charge is 0.306 e. The zero-order chi connectivity index (χ0) is 14.5. The third kappa shape index (κ3) is 3.61. The average molecular weight is 291 g/mol. The molecule has 1 aromatic heterocycles. The van der Waals surface area contributed by atoms with E-state index < -0.39 is 0 Å². The van der Waals surface area contributed by atoms with Crippen molar-refractivity contribution in [3.05, 3.63) is 55.5 Å². The second-order valence-corrected chi connectivity index (χ2v) is 5.76. The standard InChI is InChI=1S/C14H17N3O2S/c1-3-12-8-16-14(20-12)9-15-7-11-5-4-10(2)13(6-11)17(18)19/h4-6,8,15H,3,7,9H2,1-2H3. The van der Waals surface area contributed by atoms with Crippen LogP contribution in [0.15, 0.2) is 24.4 Å². The van der Waals surface area contributed by atoms with E-state index in [4.69, 9.17) is 0 Å². The highest BCUT2D eigenvalue weighted by Gasteiger charge is 2.10. The van der Waals surface area contributed by atoms with E-state index >= 15 is 0 Å². The minimum atomic E-state index is -0.340. The third-order valence-corrected chi connectivity index (χ3v) is 4.17. The molecular weight excluding hydrogens is 274 g/mol. The molecule has 6 heteroatoms. The minimum absolute atomic E-state index is 0.173. The summed E-state index contributed by atoms with van der Waals surface area (Å²) in [7, 11) is 0. The molecule has 0 aliphatic rings. The van der Waals surface area contributed by atoms with Gasteiger partial charge in [-0.25, -0.2) is 4.98 Å². The molecule has 106 valence electrons. The monoisotopic (exact) mass is 291 g/mol. The maximum atomic E-state index is 10.9. The summed E-state index contributed by atoms with van der Waals surface area (Å²) in [6.07, 6.45) is 2.90. The smallest absolute Gasteiger partial charge is 0.272 e. The molecule has 0 bridgehead atoms. The zero-order valence-electron chi connectivity index (χ0n) is 11.5. The van der Waals surface area contributed by atoms with Gasteiger partial charge in [-0.05, 0) is 18.9 Å². The van der Waals surface area contributed by atoms with Gasteiger partial charge in [0.2, 0.25) is 0 Å². The highest BCUT2D eigenvalue weighted by molar-refractivity contribution is 7.11. The Labute approximate surface area is 121 Å². The van der Waals surface area contributed by atoms with Crippen molar-refractivity contribution in [2.45, 2.75) is 33.4 Å². The van der Waals surface area contributed by atoms with Gasteiger partial charge in [0, 0.05) is 35.8 Å². The molecule has 0 amide bonds. The Balaban J connectivity index is 1.94. The molecule has 2 aromatic rings. The molecule has 1 heterocycles. The third-order valence-electron chi connectivity index (χ3n) is 3.03. The Morgan fingerprint density at radius 2 is 2.20 bits per heavy atom. The number of aryl methyl sites for hydroxylation is 2. The van der Waals surface area contributed by atoms with Gasteiger partial charge < -0.3 is 5.32 Å². The first-order valence-corrected chi connectivity index (χ1v) is 7.30. The van der Waals surface area contributed by atoms with Crippen molar-refractivity contribution in [3.63, 3.8) is 0 Å². The average Bonchev–Trinajstić information content (AvgIpc) is 2.88. The summed E-state index contributed by atoms with van der Waals surface area (Å²) in [5.74, 6) is 0. The highest BCUT2D eigenvalue weighted by atomic mass is 32.1. The Morgan fingerprint density at radius 3 is 2.85 bits per heavy atom. The maximum absolute atomic E-state index is 10.9. The summed E-state index contributed by atoms with van der Waals surface area (Å²) in [5.41, 5.74) is 1.77. The van der Waals surface area contributed by atoms with Crippen LogP contribution in [0, 0.1) is 17.0 Å². The maximum Gasteiger partial charge on any atom is 0.272 e. The van der Waals surface area contributed by atoms with Crippen LogP contribution in [-0.4, -0.2) is 9.91 Å². The summed E-state index contributed by atoms with van der Waals surface area (Å²) < 4.78 is 0. The molecule has 0 aliphatic heterocycles. The number of hydrogen-bond donors (Lipinski definition) is 1. The predicted molar refractivity (Wildman–Crippen MR) is 79.9 cm³/mol. The second kappa shape index (κ2) is 6.58. The van der Waals surface area contributed by atoms with E-state index in [1.165, 1.54) is 4.88 Å². The van der Waals surface area contributed by atoms with Crippen molar-refractivity contribution in [1.29, 1.82) is 0 Å². The summed E-state index contributed by atoms with van der Waals surface area (Å²) in [6, 6.07) is 5.32. The number of thiazole rings is 1. The van der Waals surface area contributed by atoms with E-state index in [1.54, 1.807) is 30.4 Å². The van der Waals surface area contributed by atoms with E-state index in [9.17, 15) is 10.1 Å². The molecular formula is C14H17N3O2S. The van der Waals surface area contributed by atoms with Gasteiger partial charge in [-0.2, -0.15) is 0 Å². The number of aromatic nitrogens is 1. The number of rotatable bonds is 6. The molecule has 0 spiro atoms. The van der Waals surface area contributed by atoms with Gasteiger partial charge in [-0.15, -0.1) is 11.3 Å². The zero-order valence-corrected chi connectivity index (χ0v) is 12.4. The summed E-state index contributed by atoms with van der Waals surface area (Å²) in [6.45, 7) is 5.14. The fourth-order valence-corrected chi connectivity index (χ4v) is 2.70. The van der Waals surface area contributed by atoms with Crippen molar-refractivity contribution in [2.75, 3.05) is 0 Å². The molecule has 0 fully saturated rings. The summed E-state index contributed by atoms with van der Waals surface area (Å²) in [5, 5.41) is 15.2. The molecule has 1 N–H and O–H groups in total. The Hall–Kier alpha value is -1.79. The molecule has 0 atom stereocenters. The molecule has 0 saturated heterocycles. The number of nitro groups is 1. The van der Waals surface area contributed by atoms with E-state index in [0.29, 0.717) is 18.7 Å². The van der Waals surface area contributed by atoms with Gasteiger partial charge in [0.1, 0.15) is 5.01 Å². The molecule has 0 radical (unpaired) electrons. The van der Waals surface area contributed by atoms with Crippen LogP contribution in [0.5, 0.6) is 0 Å². The predicted octanol–water partition coefficient (Wildman–Crippen LogP) is 3.21. The minimum Gasteiger partial charge on any atom is -0.306 e.